The molecule has 2 aromatic heterocycles. The smallest absolute Gasteiger partial charge is 0.267 e. The molecule has 0 saturated carbocycles. The number of anilines is 3. The van der Waals surface area contributed by atoms with Crippen molar-refractivity contribution in [1.29, 1.82) is 0 Å². The van der Waals surface area contributed by atoms with Gasteiger partial charge in [-0.1, -0.05) is 11.3 Å². The average Bonchev–Trinajstić information content (AvgIpc) is 3.26. The molecular weight excluding hydrogens is 387 g/mol. The quantitative estimate of drug-likeness (QED) is 0.495. The summed E-state index contributed by atoms with van der Waals surface area (Å²) in [6.45, 7) is 1.78. The SMILES string of the molecule is Cc1cc(F)c(C(=O)Nc2ccn(CCO)n2)cc1NC(=O)c1cnc(N)s1. The van der Waals surface area contributed by atoms with Crippen LogP contribution in [0.4, 0.5) is 21.0 Å². The molecule has 0 fully saturated rings. The minimum absolute atomic E-state index is 0.101. The van der Waals surface area contributed by atoms with Crippen LogP contribution in [0.3, 0.4) is 0 Å². The van der Waals surface area contributed by atoms with Crippen molar-refractivity contribution in [3.05, 3.63) is 52.4 Å². The third-order valence-electron chi connectivity index (χ3n) is 3.77. The van der Waals surface area contributed by atoms with Gasteiger partial charge in [-0.25, -0.2) is 9.37 Å². The van der Waals surface area contributed by atoms with Crippen LogP contribution in [0.1, 0.15) is 25.6 Å². The minimum Gasteiger partial charge on any atom is -0.394 e. The van der Waals surface area contributed by atoms with Gasteiger partial charge in [0.25, 0.3) is 11.8 Å². The van der Waals surface area contributed by atoms with Gasteiger partial charge in [0.1, 0.15) is 10.7 Å². The van der Waals surface area contributed by atoms with Crippen LogP contribution in [0.25, 0.3) is 0 Å². The van der Waals surface area contributed by atoms with E-state index in [4.69, 9.17) is 10.8 Å². The highest BCUT2D eigenvalue weighted by molar-refractivity contribution is 7.17. The van der Waals surface area contributed by atoms with Crippen molar-refractivity contribution in [3.63, 3.8) is 0 Å². The molecule has 3 aromatic rings. The second kappa shape index (κ2) is 8.15. The van der Waals surface area contributed by atoms with Crippen LogP contribution in [-0.4, -0.2) is 38.3 Å². The average molecular weight is 404 g/mol. The molecule has 11 heteroatoms. The molecule has 28 heavy (non-hydrogen) atoms. The fourth-order valence-corrected chi connectivity index (χ4v) is 2.98. The van der Waals surface area contributed by atoms with Gasteiger partial charge in [0, 0.05) is 18.0 Å². The highest BCUT2D eigenvalue weighted by Gasteiger charge is 2.18. The molecule has 0 aliphatic carbocycles. The number of thiazole rings is 1. The third-order valence-corrected chi connectivity index (χ3v) is 4.59. The molecule has 0 atom stereocenters. The number of nitrogens with one attached hydrogen (secondary N) is 2. The van der Waals surface area contributed by atoms with Crippen LogP contribution in [-0.2, 0) is 6.54 Å². The zero-order valence-corrected chi connectivity index (χ0v) is 15.6. The van der Waals surface area contributed by atoms with E-state index >= 15 is 0 Å². The summed E-state index contributed by atoms with van der Waals surface area (Å²) in [6, 6.07) is 3.94. The van der Waals surface area contributed by atoms with Crippen molar-refractivity contribution in [2.45, 2.75) is 13.5 Å². The van der Waals surface area contributed by atoms with Crippen molar-refractivity contribution in [2.75, 3.05) is 23.0 Å². The molecule has 0 saturated heterocycles. The van der Waals surface area contributed by atoms with Crippen molar-refractivity contribution in [1.82, 2.24) is 14.8 Å². The summed E-state index contributed by atoms with van der Waals surface area (Å²) in [7, 11) is 0. The first-order chi connectivity index (χ1) is 13.4. The van der Waals surface area contributed by atoms with Gasteiger partial charge in [0.05, 0.1) is 24.9 Å². The van der Waals surface area contributed by atoms with Crippen LogP contribution >= 0.6 is 11.3 Å². The lowest BCUT2D eigenvalue weighted by atomic mass is 10.1. The van der Waals surface area contributed by atoms with Crippen LogP contribution in [0.2, 0.25) is 0 Å². The number of nitrogens with zero attached hydrogens (tertiary/aromatic N) is 3. The van der Waals surface area contributed by atoms with Gasteiger partial charge in [0.15, 0.2) is 10.9 Å². The Hall–Kier alpha value is -3.31. The van der Waals surface area contributed by atoms with E-state index in [-0.39, 0.29) is 35.4 Å². The zero-order valence-electron chi connectivity index (χ0n) is 14.8. The Balaban J connectivity index is 1.79. The fourth-order valence-electron chi connectivity index (χ4n) is 2.40. The molecule has 0 bridgehead atoms. The standard InChI is InChI=1S/C17H17FN6O3S/c1-9-6-11(18)10(15(26)22-14-2-3-24(23-14)4-5-25)7-12(9)21-16(27)13-8-20-17(19)28-13/h2-3,6-8,25H,4-5H2,1H3,(H2,19,20)(H,21,27)(H,22,23,26). The van der Waals surface area contributed by atoms with Crippen LogP contribution < -0.4 is 16.4 Å². The van der Waals surface area contributed by atoms with Crippen molar-refractivity contribution >= 4 is 39.8 Å². The number of hydrogen-bond donors (Lipinski definition) is 4. The maximum absolute atomic E-state index is 14.3. The fraction of sp³-hybridized carbons (Fsp3) is 0.176. The molecule has 5 N–H and O–H groups in total. The van der Waals surface area contributed by atoms with Crippen molar-refractivity contribution in [3.8, 4) is 0 Å². The van der Waals surface area contributed by atoms with Crippen LogP contribution in [0.5, 0.6) is 0 Å². The summed E-state index contributed by atoms with van der Waals surface area (Å²) in [5.41, 5.74) is 6.01. The Morgan fingerprint density at radius 3 is 2.79 bits per heavy atom. The molecule has 146 valence electrons. The summed E-state index contributed by atoms with van der Waals surface area (Å²) in [4.78, 5) is 28.8. The Labute approximate surface area is 163 Å². The predicted octanol–water partition coefficient (Wildman–Crippen LogP) is 1.87. The summed E-state index contributed by atoms with van der Waals surface area (Å²) in [5, 5.41) is 18.3. The molecule has 2 amide bonds. The summed E-state index contributed by atoms with van der Waals surface area (Å²) in [6.07, 6.45) is 2.91. The highest BCUT2D eigenvalue weighted by Crippen LogP contribution is 2.23. The maximum atomic E-state index is 14.3. The van der Waals surface area contributed by atoms with E-state index in [1.165, 1.54) is 23.0 Å². The second-order valence-electron chi connectivity index (χ2n) is 5.81. The van der Waals surface area contributed by atoms with Gasteiger partial charge in [-0.15, -0.1) is 0 Å². The van der Waals surface area contributed by atoms with Gasteiger partial charge in [-0.2, -0.15) is 5.10 Å². The minimum atomic E-state index is -0.732. The lowest BCUT2D eigenvalue weighted by Gasteiger charge is -2.11. The van der Waals surface area contributed by atoms with Crippen molar-refractivity contribution in [2.24, 2.45) is 0 Å². The Bertz CT molecular complexity index is 1030. The molecular formula is C17H17FN6O3S. The lowest BCUT2D eigenvalue weighted by molar-refractivity contribution is 0.101. The van der Waals surface area contributed by atoms with Crippen LogP contribution in [0, 0.1) is 12.7 Å². The predicted molar refractivity (Wildman–Crippen MR) is 103 cm³/mol. The number of carbonyl (C=O) groups is 2. The number of nitrogen functional groups attached to an aromatic ring is 1. The normalized spacial score (nSPS) is 10.7. The first-order valence-corrected chi connectivity index (χ1v) is 8.97. The Morgan fingerprint density at radius 1 is 1.32 bits per heavy atom. The third kappa shape index (κ3) is 4.32. The molecule has 3 rings (SSSR count). The number of halogens is 1. The number of aryl methyl sites for hydroxylation is 1. The number of aliphatic hydroxyl groups excluding tert-OH is 1. The zero-order chi connectivity index (χ0) is 20.3. The van der Waals surface area contributed by atoms with Gasteiger partial charge < -0.3 is 21.5 Å². The topological polar surface area (TPSA) is 135 Å². The van der Waals surface area contributed by atoms with E-state index in [9.17, 15) is 14.0 Å². The number of rotatable bonds is 6. The summed E-state index contributed by atoms with van der Waals surface area (Å²) >= 11 is 1.02. The number of amides is 2. The van der Waals surface area contributed by atoms with Gasteiger partial charge in [0.2, 0.25) is 0 Å². The first-order valence-electron chi connectivity index (χ1n) is 8.16. The molecule has 0 aliphatic rings. The number of aliphatic hydroxyl groups is 1. The summed E-state index contributed by atoms with van der Waals surface area (Å²) in [5.74, 6) is -1.70. The van der Waals surface area contributed by atoms with Gasteiger partial charge >= 0.3 is 0 Å². The molecule has 9 nitrogen and oxygen atoms in total. The second-order valence-corrected chi connectivity index (χ2v) is 6.87. The Kier molecular flexibility index (Phi) is 5.66. The number of hydrogen-bond acceptors (Lipinski definition) is 7. The molecule has 0 radical (unpaired) electrons. The van der Waals surface area contributed by atoms with Gasteiger partial charge in [-0.05, 0) is 24.6 Å². The molecule has 1 aromatic carbocycles. The van der Waals surface area contributed by atoms with Crippen molar-refractivity contribution < 1.29 is 19.1 Å². The first kappa shape index (κ1) is 19.5. The van der Waals surface area contributed by atoms with E-state index in [1.807, 2.05) is 0 Å². The Morgan fingerprint density at radius 2 is 2.11 bits per heavy atom. The largest absolute Gasteiger partial charge is 0.394 e. The maximum Gasteiger partial charge on any atom is 0.267 e. The van der Waals surface area contributed by atoms with E-state index in [1.54, 1.807) is 13.1 Å². The number of benzene rings is 1. The van der Waals surface area contributed by atoms with E-state index < -0.39 is 17.6 Å². The monoisotopic (exact) mass is 404 g/mol. The summed E-state index contributed by atoms with van der Waals surface area (Å²) < 4.78 is 15.8. The van der Waals surface area contributed by atoms with Crippen LogP contribution in [0.15, 0.2) is 30.6 Å². The highest BCUT2D eigenvalue weighted by atomic mass is 32.1. The van der Waals surface area contributed by atoms with E-state index in [0.29, 0.717) is 10.4 Å². The molecule has 0 spiro atoms. The van der Waals surface area contributed by atoms with E-state index in [0.717, 1.165) is 17.4 Å². The van der Waals surface area contributed by atoms with Gasteiger partial charge in [-0.3, -0.25) is 14.3 Å². The number of aromatic nitrogens is 3. The lowest BCUT2D eigenvalue weighted by Crippen LogP contribution is -2.17. The number of carbonyl (C=O) groups excluding carboxylic acids is 2. The molecule has 0 aliphatic heterocycles. The molecule has 2 heterocycles. The number of nitrogens with two attached hydrogens (primary N) is 1. The van der Waals surface area contributed by atoms with E-state index in [2.05, 4.69) is 20.7 Å². The molecule has 0 unspecified atom stereocenters.